The second-order valence-corrected chi connectivity index (χ2v) is 3.08. The molecule has 0 saturated carbocycles. The monoisotopic (exact) mass is 304 g/mol. The van der Waals surface area contributed by atoms with Crippen molar-refractivity contribution in [1.29, 1.82) is 0 Å². The summed E-state index contributed by atoms with van der Waals surface area (Å²) >= 11 is 1.06. The van der Waals surface area contributed by atoms with E-state index in [2.05, 4.69) is 1.02 Å². The summed E-state index contributed by atoms with van der Waals surface area (Å²) in [5.41, 5.74) is 0.179. The summed E-state index contributed by atoms with van der Waals surface area (Å²) in [7, 11) is 0. The third-order valence-corrected chi connectivity index (χ3v) is 1.66. The van der Waals surface area contributed by atoms with E-state index in [0.717, 1.165) is 55.0 Å². The van der Waals surface area contributed by atoms with Crippen molar-refractivity contribution in [3.63, 3.8) is 0 Å². The van der Waals surface area contributed by atoms with Crippen molar-refractivity contribution >= 4 is 60.9 Å². The van der Waals surface area contributed by atoms with Crippen LogP contribution in [0.25, 0.3) is 0 Å². The Labute approximate surface area is 152 Å². The molecule has 0 atom stereocenters. The van der Waals surface area contributed by atoms with E-state index in [-0.39, 0.29) is 11.3 Å². The molecule has 0 fully saturated rings. The van der Waals surface area contributed by atoms with Gasteiger partial charge in [0.15, 0.2) is 0 Å². The molecule has 1 aromatic carbocycles. The van der Waals surface area contributed by atoms with Gasteiger partial charge < -0.3 is 15.3 Å². The quantitative estimate of drug-likeness (QED) is 0.453. The van der Waals surface area contributed by atoms with Crippen LogP contribution in [0, 0.1) is 0 Å². The predicted octanol–water partition coefficient (Wildman–Crippen LogP) is 2.50. The summed E-state index contributed by atoms with van der Waals surface area (Å²) in [5.74, 6) is -1.83. The maximum absolute atomic E-state index is 10.2. The van der Waals surface area contributed by atoms with E-state index in [9.17, 15) is 9.59 Å². The number of hydrogen-bond donors (Lipinski definition) is 3. The van der Waals surface area contributed by atoms with Crippen LogP contribution < -0.4 is 0 Å². The summed E-state index contributed by atoms with van der Waals surface area (Å²) in [6.07, 6.45) is 5.98. The molecular weight excluding hydrogens is 287 g/mol. The molecule has 1 aromatic rings. The Balaban J connectivity index is 0. The molecule has 5 nitrogen and oxygen atoms in total. The number of allylic oxidation sites excluding steroid dienone is 3. The molecular formula is C14H17KO5. The van der Waals surface area contributed by atoms with Crippen LogP contribution in [-0.2, 0) is 4.79 Å². The number of carboxylic acid groups (broad SMARTS) is 2. The minimum atomic E-state index is -0.986. The topological polar surface area (TPSA) is 94.8 Å². The molecule has 0 aliphatic rings. The Morgan fingerprint density at radius 2 is 1.55 bits per heavy atom. The standard InChI is InChI=1S/C7H6O3.C6H8O2.CH3.K/c8-6-3-1-5(2-4-6)7(9)10;1-2-3-4-5-6(7)8;;/h1-4,8H,(H,9,10);2-5H,1H3,(H,7,8);1H3;. The predicted molar refractivity (Wildman–Crippen MR) is 78.3 cm³/mol. The molecule has 20 heavy (non-hydrogen) atoms. The van der Waals surface area contributed by atoms with Crippen molar-refractivity contribution in [2.24, 2.45) is 0 Å². The van der Waals surface area contributed by atoms with Crippen LogP contribution in [-0.4, -0.2) is 76.2 Å². The Hall–Kier alpha value is -0.924. The van der Waals surface area contributed by atoms with Crippen LogP contribution >= 0.6 is 0 Å². The first-order valence-electron chi connectivity index (χ1n) is 6.02. The number of phenols is 1. The van der Waals surface area contributed by atoms with Gasteiger partial charge in [0.25, 0.3) is 0 Å². The second-order valence-electron chi connectivity index (χ2n) is 3.08. The Morgan fingerprint density at radius 3 is 1.90 bits per heavy atom. The number of carbonyl (C=O) groups is 2. The van der Waals surface area contributed by atoms with Crippen molar-refractivity contribution in [3.8, 4) is 5.75 Å². The van der Waals surface area contributed by atoms with Crippen molar-refractivity contribution in [3.05, 3.63) is 54.1 Å². The Bertz CT molecular complexity index is 449. The number of benzene rings is 1. The zero-order chi connectivity index (χ0) is 16.0. The van der Waals surface area contributed by atoms with Gasteiger partial charge in [0.1, 0.15) is 5.75 Å². The average Bonchev–Trinajstić information content (AvgIpc) is 2.42. The van der Waals surface area contributed by atoms with E-state index in [1.807, 2.05) is 6.92 Å². The molecule has 1 rings (SSSR count). The number of aliphatic carboxylic acids is 1. The Morgan fingerprint density at radius 1 is 1.05 bits per heavy atom. The molecule has 3 N–H and O–H groups in total. The van der Waals surface area contributed by atoms with E-state index < -0.39 is 11.9 Å². The molecule has 104 valence electrons. The van der Waals surface area contributed by atoms with Gasteiger partial charge >= 0.3 is 61.9 Å². The van der Waals surface area contributed by atoms with Crippen LogP contribution in [0.15, 0.2) is 48.6 Å². The summed E-state index contributed by atoms with van der Waals surface area (Å²) in [6.45, 7) is 1.83. The summed E-state index contributed by atoms with van der Waals surface area (Å²) < 4.78 is 2.19. The fourth-order valence-electron chi connectivity index (χ4n) is 0.853. The van der Waals surface area contributed by atoms with Crippen molar-refractivity contribution in [2.45, 2.75) is 7.94 Å². The van der Waals surface area contributed by atoms with Crippen LogP contribution in [0.1, 0.15) is 17.3 Å². The maximum atomic E-state index is 10.2. The first kappa shape index (κ1) is 21.4. The zero-order valence-electron chi connectivity index (χ0n) is 11.8. The second kappa shape index (κ2) is 14.5. The van der Waals surface area contributed by atoms with Gasteiger partial charge in [0.05, 0.1) is 5.56 Å². The summed E-state index contributed by atoms with van der Waals surface area (Å²) in [4.78, 5) is 20.0. The Kier molecular flexibility index (Phi) is 15.5. The van der Waals surface area contributed by atoms with Crippen molar-refractivity contribution in [1.82, 2.24) is 0 Å². The van der Waals surface area contributed by atoms with E-state index in [1.54, 1.807) is 12.2 Å². The molecule has 0 saturated heterocycles. The fraction of sp³-hybridized carbons (Fsp3) is 0.143. The van der Waals surface area contributed by atoms with Crippen LogP contribution in [0.2, 0.25) is 1.02 Å². The fourth-order valence-corrected chi connectivity index (χ4v) is 0.853. The molecule has 0 aliphatic heterocycles. The molecule has 0 amide bonds. The van der Waals surface area contributed by atoms with E-state index in [1.165, 1.54) is 30.3 Å². The van der Waals surface area contributed by atoms with Gasteiger partial charge in [-0.1, -0.05) is 18.2 Å². The number of phenolic OH excluding ortho intramolecular Hbond substituents is 1. The summed E-state index contributed by atoms with van der Waals surface area (Å²) in [6, 6.07) is 5.36. The van der Waals surface area contributed by atoms with Gasteiger partial charge in [-0.25, -0.2) is 9.59 Å². The van der Waals surface area contributed by atoms with Crippen LogP contribution in [0.5, 0.6) is 5.75 Å². The molecule has 0 unspecified atom stereocenters. The van der Waals surface area contributed by atoms with Gasteiger partial charge in [0.2, 0.25) is 0 Å². The van der Waals surface area contributed by atoms with Gasteiger partial charge in [-0.3, -0.25) is 0 Å². The first-order valence-corrected chi connectivity index (χ1v) is 9.14. The van der Waals surface area contributed by atoms with E-state index in [0.29, 0.717) is 0 Å². The number of carboxylic acids is 2. The summed E-state index contributed by atoms with van der Waals surface area (Å²) in [5, 5.41) is 25.2. The third-order valence-electron chi connectivity index (χ3n) is 1.66. The SMILES string of the molecule is CC=CC=CC(=O)O.O=C(O)c1ccc(O)cc1.[CH3][K]. The number of rotatable bonds is 3. The van der Waals surface area contributed by atoms with Crippen molar-refractivity contribution in [2.75, 3.05) is 0 Å². The van der Waals surface area contributed by atoms with Gasteiger partial charge in [-0.2, -0.15) is 0 Å². The number of aromatic hydroxyl groups is 1. The van der Waals surface area contributed by atoms with Crippen LogP contribution in [0.4, 0.5) is 0 Å². The average molecular weight is 304 g/mol. The first-order chi connectivity index (χ1) is 9.47. The van der Waals surface area contributed by atoms with E-state index in [4.69, 9.17) is 15.3 Å². The van der Waals surface area contributed by atoms with Crippen molar-refractivity contribution < 1.29 is 24.9 Å². The molecule has 0 aromatic heterocycles. The number of aromatic carboxylic acids is 1. The van der Waals surface area contributed by atoms with Crippen LogP contribution in [0.3, 0.4) is 0 Å². The normalized spacial score (nSPS) is 9.40. The molecule has 0 spiro atoms. The molecule has 0 heterocycles. The zero-order valence-corrected chi connectivity index (χ0v) is 14.9. The minimum absolute atomic E-state index is 0.0741. The third kappa shape index (κ3) is 13.5. The van der Waals surface area contributed by atoms with Gasteiger partial charge in [0, 0.05) is 6.08 Å². The molecule has 0 radical (unpaired) electrons. The molecule has 0 aliphatic carbocycles. The molecule has 0 bridgehead atoms. The van der Waals surface area contributed by atoms with Gasteiger partial charge in [-0.05, 0) is 31.2 Å². The van der Waals surface area contributed by atoms with Gasteiger partial charge in [-0.15, -0.1) is 0 Å². The number of hydrogen-bond acceptors (Lipinski definition) is 3. The van der Waals surface area contributed by atoms with E-state index >= 15 is 0 Å². The molecule has 6 heteroatoms.